The number of nitrogens with one attached hydrogen (secondary N) is 1. The number of hydrogen-bond donors (Lipinski definition) is 1. The summed E-state index contributed by atoms with van der Waals surface area (Å²) < 4.78 is 318. The van der Waals surface area contributed by atoms with Crippen LogP contribution in [0.2, 0.25) is 0 Å². The first-order valence-electron chi connectivity index (χ1n) is 13.7. The molecule has 0 aromatic heterocycles. The van der Waals surface area contributed by atoms with Gasteiger partial charge in [0.25, 0.3) is 0 Å². The molecule has 0 radical (unpaired) electrons. The van der Waals surface area contributed by atoms with E-state index in [1.54, 1.807) is 4.74 Å². The normalized spacial score (nSPS) is 14.8. The highest BCUT2D eigenvalue weighted by molar-refractivity contribution is 6.02. The fourth-order valence-corrected chi connectivity index (χ4v) is 3.52. The van der Waals surface area contributed by atoms with Crippen LogP contribution in [-0.4, -0.2) is 85.3 Å². The lowest BCUT2D eigenvalue weighted by Gasteiger charge is -2.39. The molecule has 0 unspecified atom stereocenters. The van der Waals surface area contributed by atoms with Crippen LogP contribution < -0.4 is 10.1 Å². The Labute approximate surface area is 298 Å². The lowest BCUT2D eigenvalue weighted by Crippen LogP contribution is -2.66. The molecule has 0 heterocycles. The number of halogens is 23. The summed E-state index contributed by atoms with van der Waals surface area (Å²) in [6, 6.07) is 5.01. The number of carbonyl (C=O) groups is 2. The second-order valence-corrected chi connectivity index (χ2v) is 10.7. The van der Waals surface area contributed by atoms with Crippen molar-refractivity contribution in [2.75, 3.05) is 12.4 Å². The van der Waals surface area contributed by atoms with E-state index >= 15 is 0 Å². The summed E-state index contributed by atoms with van der Waals surface area (Å²) in [5, 5.41) is 2.72. The predicted molar refractivity (Wildman–Crippen MR) is 135 cm³/mol. The third-order valence-corrected chi connectivity index (χ3v) is 6.65. The van der Waals surface area contributed by atoms with E-state index in [0.29, 0.717) is 23.4 Å². The van der Waals surface area contributed by atoms with Crippen LogP contribution >= 0.6 is 0 Å². The number of aryl methyl sites for hydroxylation is 1. The standard InChI is InChI=1S/C27H14F23NO6/c1-10-9-13(51-2)7-8-14(10)54-16(53)12-5-3-11(4-6-12)15(52)17(28,29)22(39,40)55-24(43,44)19(32,33)26(47,48)57-27(49,50)20(34,35)25(45,46)56-23(41,42)18(30,31)21(36,37)38/h3-9,51H,1-2H3. The molecule has 0 amide bonds. The second kappa shape index (κ2) is 14.8. The van der Waals surface area contributed by atoms with Gasteiger partial charge in [-0.15, -0.1) is 0 Å². The maximum atomic E-state index is 14.4. The number of benzene rings is 2. The fourth-order valence-electron chi connectivity index (χ4n) is 3.52. The zero-order valence-corrected chi connectivity index (χ0v) is 26.7. The number of Topliss-reactive ketones (excluding diaryl/α,β-unsaturated/α-hetero) is 1. The molecule has 0 bridgehead atoms. The van der Waals surface area contributed by atoms with Gasteiger partial charge >= 0.3 is 72.5 Å². The van der Waals surface area contributed by atoms with Crippen LogP contribution in [0.15, 0.2) is 42.5 Å². The zero-order valence-electron chi connectivity index (χ0n) is 26.7. The van der Waals surface area contributed by atoms with E-state index < -0.39 is 89.4 Å². The first-order chi connectivity index (χ1) is 25.1. The summed E-state index contributed by atoms with van der Waals surface area (Å²) in [4.78, 5) is 24.4. The van der Waals surface area contributed by atoms with Crippen LogP contribution in [0.4, 0.5) is 107 Å². The van der Waals surface area contributed by atoms with Gasteiger partial charge in [-0.1, -0.05) is 12.1 Å². The van der Waals surface area contributed by atoms with Crippen LogP contribution in [0.5, 0.6) is 5.75 Å². The van der Waals surface area contributed by atoms with Gasteiger partial charge in [-0.05, 0) is 42.8 Å². The SMILES string of the molecule is CNc1ccc(OC(=O)c2ccc(C(=O)C(F)(F)C(F)(F)OC(F)(F)C(F)(F)C(F)(F)OC(F)(F)C(F)(F)C(F)(F)OC(F)(F)C(F)(F)C(F)(F)F)cc2)c(C)c1. The summed E-state index contributed by atoms with van der Waals surface area (Å²) in [6.45, 7) is 1.43. The van der Waals surface area contributed by atoms with E-state index in [2.05, 4.69) is 5.32 Å². The second-order valence-electron chi connectivity index (χ2n) is 10.7. The highest BCUT2D eigenvalue weighted by Gasteiger charge is 2.86. The zero-order chi connectivity index (χ0) is 45.0. The Morgan fingerprint density at radius 3 is 1.19 bits per heavy atom. The molecule has 0 fully saturated rings. The molecule has 0 saturated carbocycles. The third kappa shape index (κ3) is 8.89. The average Bonchev–Trinajstić information content (AvgIpc) is 3.02. The first-order valence-corrected chi connectivity index (χ1v) is 13.7. The van der Waals surface area contributed by atoms with Crippen LogP contribution in [0.3, 0.4) is 0 Å². The van der Waals surface area contributed by atoms with E-state index in [-0.39, 0.29) is 17.9 Å². The molecule has 30 heteroatoms. The van der Waals surface area contributed by atoms with Gasteiger partial charge < -0.3 is 10.1 Å². The molecule has 2 aromatic rings. The quantitative estimate of drug-likeness (QED) is 0.0733. The number of alkyl halides is 23. The van der Waals surface area contributed by atoms with Crippen LogP contribution in [0, 0.1) is 6.92 Å². The van der Waals surface area contributed by atoms with E-state index in [1.165, 1.54) is 32.2 Å². The molecule has 2 aromatic carbocycles. The minimum atomic E-state index is -8.62. The summed E-state index contributed by atoms with van der Waals surface area (Å²) in [7, 11) is 1.51. The van der Waals surface area contributed by atoms with Crippen molar-refractivity contribution >= 4 is 17.4 Å². The number of carbonyl (C=O) groups excluding carboxylic acids is 2. The monoisotopic (exact) mass is 885 g/mol. The van der Waals surface area contributed by atoms with Gasteiger partial charge in [-0.2, -0.15) is 101 Å². The maximum absolute atomic E-state index is 14.4. The molecular formula is C27H14F23NO6. The Bertz CT molecular complexity index is 1790. The molecule has 57 heavy (non-hydrogen) atoms. The lowest BCUT2D eigenvalue weighted by molar-refractivity contribution is -0.558. The van der Waals surface area contributed by atoms with Crippen molar-refractivity contribution in [1.82, 2.24) is 0 Å². The topological polar surface area (TPSA) is 83.1 Å². The highest BCUT2D eigenvalue weighted by atomic mass is 19.4. The first kappa shape index (κ1) is 48.8. The Hall–Kier alpha value is -4.35. The fraction of sp³-hybridized carbons (Fsp3) is 0.481. The van der Waals surface area contributed by atoms with Gasteiger partial charge in [0.2, 0.25) is 5.78 Å². The number of ether oxygens (including phenoxy) is 4. The molecular weight excluding hydrogens is 871 g/mol. The smallest absolute Gasteiger partial charge is 0.423 e. The van der Waals surface area contributed by atoms with Crippen molar-refractivity contribution in [3.8, 4) is 5.75 Å². The predicted octanol–water partition coefficient (Wildman–Crippen LogP) is 10.1. The highest BCUT2D eigenvalue weighted by Crippen LogP contribution is 2.58. The largest absolute Gasteiger partial charge is 0.462 e. The van der Waals surface area contributed by atoms with Gasteiger partial charge in [-0.3, -0.25) is 4.79 Å². The van der Waals surface area contributed by atoms with Crippen LogP contribution in [0.25, 0.3) is 0 Å². The molecule has 2 rings (SSSR count). The van der Waals surface area contributed by atoms with E-state index in [9.17, 15) is 111 Å². The van der Waals surface area contributed by atoms with E-state index in [4.69, 9.17) is 4.74 Å². The number of rotatable bonds is 17. The van der Waals surface area contributed by atoms with Gasteiger partial charge in [0, 0.05) is 18.3 Å². The Morgan fingerprint density at radius 1 is 0.491 bits per heavy atom. The summed E-state index contributed by atoms with van der Waals surface area (Å²) in [5.41, 5.74) is -1.54. The summed E-state index contributed by atoms with van der Waals surface area (Å²) in [6.07, 6.45) is -56.8. The number of hydrogen-bond acceptors (Lipinski definition) is 7. The van der Waals surface area contributed by atoms with Crippen molar-refractivity contribution in [3.63, 3.8) is 0 Å². The third-order valence-electron chi connectivity index (χ3n) is 6.65. The number of ketones is 1. The van der Waals surface area contributed by atoms with Crippen molar-refractivity contribution in [2.24, 2.45) is 0 Å². The molecule has 0 spiro atoms. The minimum absolute atomic E-state index is 0.0660. The van der Waals surface area contributed by atoms with Gasteiger partial charge in [-0.25, -0.2) is 19.0 Å². The van der Waals surface area contributed by atoms with Crippen molar-refractivity contribution < 1.29 is 130 Å². The Kier molecular flexibility index (Phi) is 12.7. The van der Waals surface area contributed by atoms with Crippen LogP contribution in [0.1, 0.15) is 26.3 Å². The molecule has 0 saturated heterocycles. The Morgan fingerprint density at radius 2 is 0.842 bits per heavy atom. The minimum Gasteiger partial charge on any atom is -0.423 e. The van der Waals surface area contributed by atoms with E-state index in [1.807, 2.05) is 0 Å². The molecule has 0 aliphatic carbocycles. The van der Waals surface area contributed by atoms with Gasteiger partial charge in [0.15, 0.2) is 0 Å². The molecule has 7 nitrogen and oxygen atoms in total. The van der Waals surface area contributed by atoms with E-state index in [0.717, 1.165) is 9.47 Å². The lowest BCUT2D eigenvalue weighted by atomic mass is 10.0. The van der Waals surface area contributed by atoms with Gasteiger partial charge in [0.1, 0.15) is 5.75 Å². The molecule has 0 aliphatic rings. The average molecular weight is 885 g/mol. The summed E-state index contributed by atoms with van der Waals surface area (Å²) in [5.74, 6) is -36.9. The maximum Gasteiger partial charge on any atom is 0.462 e. The van der Waals surface area contributed by atoms with Crippen molar-refractivity contribution in [2.45, 2.75) is 73.4 Å². The number of anilines is 1. The Balaban J connectivity index is 2.35. The number of esters is 1. The molecule has 324 valence electrons. The van der Waals surface area contributed by atoms with Gasteiger partial charge in [0.05, 0.1) is 5.56 Å². The summed E-state index contributed by atoms with van der Waals surface area (Å²) >= 11 is 0. The molecule has 0 atom stereocenters. The molecule has 1 N–H and O–H groups in total. The molecule has 0 aliphatic heterocycles. The van der Waals surface area contributed by atoms with Crippen LogP contribution in [-0.2, 0) is 14.2 Å². The van der Waals surface area contributed by atoms with Crippen molar-refractivity contribution in [1.29, 1.82) is 0 Å². The van der Waals surface area contributed by atoms with Crippen molar-refractivity contribution in [3.05, 3.63) is 59.2 Å².